The average Bonchev–Trinajstić information content (AvgIpc) is 2.48. The molecule has 19 heavy (non-hydrogen) atoms. The van der Waals surface area contributed by atoms with Gasteiger partial charge in [-0.05, 0) is 35.1 Å². The Kier molecular flexibility index (Phi) is 11.5. The Labute approximate surface area is 137 Å². The van der Waals surface area contributed by atoms with Crippen LogP contribution in [0.15, 0.2) is 10.2 Å². The Morgan fingerprint density at radius 3 is 2.21 bits per heavy atom. The fraction of sp³-hybridized carbons (Fsp3) is 0.875. The van der Waals surface area contributed by atoms with E-state index in [0.29, 0.717) is 0 Å². The second-order valence-corrected chi connectivity index (χ2v) is 10.7. The molecule has 0 spiro atoms. The molecule has 0 saturated carbocycles. The fourth-order valence-electron chi connectivity index (χ4n) is 2.39. The van der Waals surface area contributed by atoms with Crippen LogP contribution in [0.4, 0.5) is 0 Å². The number of hydrogen-bond acceptors (Lipinski definition) is 1. The van der Waals surface area contributed by atoms with E-state index >= 15 is 0 Å². The topological polar surface area (TPSA) is 9.23 Å². The molecule has 114 valence electrons. The van der Waals surface area contributed by atoms with E-state index < -0.39 is 14.4 Å². The van der Waals surface area contributed by atoms with Crippen molar-refractivity contribution < 1.29 is 5.80 Å². The molecule has 0 amide bonds. The van der Waals surface area contributed by atoms with Crippen LogP contribution < -0.4 is 0 Å². The van der Waals surface area contributed by atoms with Crippen molar-refractivity contribution in [2.45, 2.75) is 90.4 Å². The van der Waals surface area contributed by atoms with Gasteiger partial charge < -0.3 is 4.43 Å². The van der Waals surface area contributed by atoms with Crippen LogP contribution in [0.1, 0.15) is 67.6 Å². The highest BCUT2D eigenvalue weighted by Gasteiger charge is 2.31. The zero-order chi connectivity index (χ0) is 15.5. The van der Waals surface area contributed by atoms with E-state index in [-0.39, 0.29) is 0 Å². The first kappa shape index (κ1) is 17.7. The molecule has 0 aromatic heterocycles. The standard InChI is InChI=1S/C16H33IOSi/c1-5-9-10-11-13-16(14-12-15-17)18-19(6-2,7-3)8-4/h12,15-16H,5-11,13-14H2,1-4H3/i16D. The molecule has 0 rings (SSSR count). The third-order valence-electron chi connectivity index (χ3n) is 4.04. The third-order valence-corrected chi connectivity index (χ3v) is 9.13. The zero-order valence-corrected chi connectivity index (χ0v) is 16.5. The van der Waals surface area contributed by atoms with Gasteiger partial charge in [0.1, 0.15) is 0 Å². The molecule has 1 atom stereocenters. The normalized spacial score (nSPS) is 16.6. The van der Waals surface area contributed by atoms with Crippen LogP contribution >= 0.6 is 22.6 Å². The average molecular weight is 397 g/mol. The molecule has 1 unspecified atom stereocenters. The van der Waals surface area contributed by atoms with Gasteiger partial charge in [0.2, 0.25) is 0 Å². The van der Waals surface area contributed by atoms with Gasteiger partial charge in [0.15, 0.2) is 8.32 Å². The van der Waals surface area contributed by atoms with Gasteiger partial charge >= 0.3 is 0 Å². The highest BCUT2D eigenvalue weighted by Crippen LogP contribution is 2.26. The van der Waals surface area contributed by atoms with Crippen LogP contribution in [-0.2, 0) is 4.43 Å². The van der Waals surface area contributed by atoms with Crippen LogP contribution in [0.3, 0.4) is 0 Å². The lowest BCUT2D eigenvalue weighted by Gasteiger charge is -2.33. The molecule has 0 radical (unpaired) electrons. The number of unbranched alkanes of at least 4 members (excludes halogenated alkanes) is 3. The summed E-state index contributed by atoms with van der Waals surface area (Å²) in [6, 6.07) is 3.39. The Balaban J connectivity index is 4.73. The van der Waals surface area contributed by atoms with E-state index in [1.165, 1.54) is 19.3 Å². The van der Waals surface area contributed by atoms with E-state index in [9.17, 15) is 0 Å². The number of rotatable bonds is 12. The van der Waals surface area contributed by atoms with Crippen molar-refractivity contribution in [2.75, 3.05) is 0 Å². The van der Waals surface area contributed by atoms with Gasteiger partial charge in [-0.1, -0.05) is 82.0 Å². The molecule has 0 aliphatic rings. The van der Waals surface area contributed by atoms with E-state index in [1.807, 2.05) is 4.08 Å². The van der Waals surface area contributed by atoms with Crippen LogP contribution in [0.5, 0.6) is 0 Å². The summed E-state index contributed by atoms with van der Waals surface area (Å²) in [5.41, 5.74) is 0. The van der Waals surface area contributed by atoms with Gasteiger partial charge in [-0.25, -0.2) is 0 Å². The second kappa shape index (κ2) is 12.4. The lowest BCUT2D eigenvalue weighted by atomic mass is 10.1. The second-order valence-electron chi connectivity index (χ2n) is 5.26. The van der Waals surface area contributed by atoms with Crippen molar-refractivity contribution in [2.24, 2.45) is 0 Å². The van der Waals surface area contributed by atoms with Gasteiger partial charge in [-0.3, -0.25) is 0 Å². The van der Waals surface area contributed by atoms with Crippen molar-refractivity contribution in [1.82, 2.24) is 0 Å². The van der Waals surface area contributed by atoms with Gasteiger partial charge in [-0.15, -0.1) is 0 Å². The quantitative estimate of drug-likeness (QED) is 0.203. The van der Waals surface area contributed by atoms with Crippen molar-refractivity contribution >= 4 is 30.9 Å². The SMILES string of the molecule is [2H]C(CC=CI)(CCCCCC)O[Si](CC)(CC)CC. The molecule has 0 heterocycles. The van der Waals surface area contributed by atoms with Crippen molar-refractivity contribution in [3.8, 4) is 0 Å². The van der Waals surface area contributed by atoms with Gasteiger partial charge in [0.25, 0.3) is 0 Å². The molecule has 0 bridgehead atoms. The van der Waals surface area contributed by atoms with E-state index in [4.69, 9.17) is 5.80 Å². The molecule has 0 aromatic rings. The summed E-state index contributed by atoms with van der Waals surface area (Å²) in [5, 5.41) is 0. The van der Waals surface area contributed by atoms with Crippen molar-refractivity contribution in [1.29, 1.82) is 0 Å². The van der Waals surface area contributed by atoms with Gasteiger partial charge in [0.05, 0.1) is 1.37 Å². The van der Waals surface area contributed by atoms with E-state index in [2.05, 4.69) is 56.4 Å². The number of halogens is 1. The lowest BCUT2D eigenvalue weighted by Crippen LogP contribution is -2.39. The van der Waals surface area contributed by atoms with Crippen LogP contribution in [0, 0.1) is 0 Å². The summed E-state index contributed by atoms with van der Waals surface area (Å²) in [6.45, 7) is 8.95. The highest BCUT2D eigenvalue weighted by molar-refractivity contribution is 14.1. The lowest BCUT2D eigenvalue weighted by molar-refractivity contribution is 0.175. The summed E-state index contributed by atoms with van der Waals surface area (Å²) >= 11 is 2.24. The predicted octanol–water partition coefficient (Wildman–Crippen LogP) is 6.69. The predicted molar refractivity (Wildman–Crippen MR) is 98.6 cm³/mol. The summed E-state index contributed by atoms with van der Waals surface area (Å²) in [6.07, 6.45) is 7.88. The smallest absolute Gasteiger partial charge is 0.192 e. The Hall–Kier alpha value is 0.647. The Morgan fingerprint density at radius 2 is 1.74 bits per heavy atom. The van der Waals surface area contributed by atoms with Gasteiger partial charge in [-0.2, -0.15) is 0 Å². The maximum atomic E-state index is 8.78. The molecular formula is C16H33IOSi. The molecule has 0 aliphatic carbocycles. The number of hydrogen-bond donors (Lipinski definition) is 0. The first-order valence-electron chi connectivity index (χ1n) is 8.46. The minimum absolute atomic E-state index is 0.691. The molecule has 0 N–H and O–H groups in total. The summed E-state index contributed by atoms with van der Waals surface area (Å²) in [5.74, 6) is 0. The van der Waals surface area contributed by atoms with E-state index in [1.54, 1.807) is 0 Å². The maximum Gasteiger partial charge on any atom is 0.192 e. The minimum atomic E-state index is -1.70. The van der Waals surface area contributed by atoms with Crippen LogP contribution in [-0.4, -0.2) is 14.4 Å². The fourth-order valence-corrected chi connectivity index (χ4v) is 5.38. The largest absolute Gasteiger partial charge is 0.414 e. The third kappa shape index (κ3) is 8.51. The molecule has 3 heteroatoms. The monoisotopic (exact) mass is 397 g/mol. The van der Waals surface area contributed by atoms with Crippen molar-refractivity contribution in [3.05, 3.63) is 10.2 Å². The first-order chi connectivity index (χ1) is 9.51. The van der Waals surface area contributed by atoms with Crippen LogP contribution in [0.25, 0.3) is 0 Å². The summed E-state index contributed by atoms with van der Waals surface area (Å²) in [7, 11) is -1.70. The molecule has 1 nitrogen and oxygen atoms in total. The maximum absolute atomic E-state index is 8.78. The molecule has 0 fully saturated rings. The van der Waals surface area contributed by atoms with Gasteiger partial charge in [0, 0.05) is 6.08 Å². The Bertz CT molecular complexity index is 261. The summed E-state index contributed by atoms with van der Waals surface area (Å²) < 4.78 is 17.3. The summed E-state index contributed by atoms with van der Waals surface area (Å²) in [4.78, 5) is 0. The minimum Gasteiger partial charge on any atom is -0.414 e. The highest BCUT2D eigenvalue weighted by atomic mass is 127. The van der Waals surface area contributed by atoms with Crippen molar-refractivity contribution in [3.63, 3.8) is 0 Å². The molecular weight excluding hydrogens is 363 g/mol. The van der Waals surface area contributed by atoms with E-state index in [0.717, 1.165) is 37.4 Å². The van der Waals surface area contributed by atoms with Crippen LogP contribution in [0.2, 0.25) is 18.1 Å². The molecule has 0 aliphatic heterocycles. The Morgan fingerprint density at radius 1 is 1.11 bits per heavy atom. The molecule has 0 saturated heterocycles. The zero-order valence-electron chi connectivity index (χ0n) is 14.3. The molecule has 0 aromatic carbocycles. The first-order valence-corrected chi connectivity index (χ1v) is 11.7.